The maximum atomic E-state index is 10.9. The van der Waals surface area contributed by atoms with E-state index in [0.717, 1.165) is 6.29 Å². The van der Waals surface area contributed by atoms with E-state index >= 15 is 0 Å². The number of carbonyl (C=O) groups is 2. The lowest BCUT2D eigenvalue weighted by atomic mass is 9.73. The fraction of sp³-hybridized carbons (Fsp3) is 0.778. The zero-order valence-corrected chi connectivity index (χ0v) is 7.82. The number of aldehydes is 1. The lowest BCUT2D eigenvalue weighted by Gasteiger charge is -2.47. The maximum Gasteiger partial charge on any atom is 0.315 e. The average Bonchev–Trinajstić information content (AvgIpc) is 2.06. The van der Waals surface area contributed by atoms with Gasteiger partial charge in [0.25, 0.3) is 0 Å². The molecule has 3 atom stereocenters. The molecule has 3 unspecified atom stereocenters. The Labute approximate surface area is 76.9 Å². The Hall–Kier alpha value is -0.900. The van der Waals surface area contributed by atoms with E-state index in [4.69, 9.17) is 9.84 Å². The first-order valence-corrected chi connectivity index (χ1v) is 4.39. The van der Waals surface area contributed by atoms with Crippen molar-refractivity contribution < 1.29 is 19.4 Å². The van der Waals surface area contributed by atoms with Gasteiger partial charge >= 0.3 is 5.97 Å². The van der Waals surface area contributed by atoms with Gasteiger partial charge in [-0.05, 0) is 13.3 Å². The molecule has 0 saturated carbocycles. The van der Waals surface area contributed by atoms with Crippen molar-refractivity contribution in [2.45, 2.75) is 25.9 Å². The number of carbonyl (C=O) groups excluding carboxylic acids is 2. The molecule has 1 rings (SSSR count). The van der Waals surface area contributed by atoms with E-state index in [9.17, 15) is 9.59 Å². The van der Waals surface area contributed by atoms with Crippen LogP contribution in [0.4, 0.5) is 0 Å². The summed E-state index contributed by atoms with van der Waals surface area (Å²) in [6, 6.07) is 0. The van der Waals surface area contributed by atoms with Crippen LogP contribution in [-0.2, 0) is 14.3 Å². The standard InChI is InChI=1S/C9H14O4/c1-3-6(4-10)9(2)7(5-11)8(12)13-9/h4,6-7,11H,3,5H2,1-2H3. The Balaban J connectivity index is 2.77. The van der Waals surface area contributed by atoms with E-state index in [0.29, 0.717) is 6.42 Å². The second-order valence-corrected chi connectivity index (χ2v) is 3.49. The van der Waals surface area contributed by atoms with Crippen LogP contribution in [0.2, 0.25) is 0 Å². The highest BCUT2D eigenvalue weighted by molar-refractivity contribution is 5.82. The third-order valence-electron chi connectivity index (χ3n) is 2.82. The van der Waals surface area contributed by atoms with Crippen LogP contribution in [0.5, 0.6) is 0 Å². The van der Waals surface area contributed by atoms with Gasteiger partial charge in [-0.25, -0.2) is 0 Å². The summed E-state index contributed by atoms with van der Waals surface area (Å²) in [6.07, 6.45) is 1.40. The highest BCUT2D eigenvalue weighted by Crippen LogP contribution is 2.40. The minimum absolute atomic E-state index is 0.250. The topological polar surface area (TPSA) is 63.6 Å². The second kappa shape index (κ2) is 3.46. The van der Waals surface area contributed by atoms with Crippen molar-refractivity contribution in [3.8, 4) is 0 Å². The molecule has 0 amide bonds. The van der Waals surface area contributed by atoms with Crippen molar-refractivity contribution in [2.75, 3.05) is 6.61 Å². The van der Waals surface area contributed by atoms with Gasteiger partial charge in [-0.3, -0.25) is 4.79 Å². The lowest BCUT2D eigenvalue weighted by Crippen LogP contribution is -2.61. The van der Waals surface area contributed by atoms with E-state index in [2.05, 4.69) is 0 Å². The predicted molar refractivity (Wildman–Crippen MR) is 44.9 cm³/mol. The predicted octanol–water partition coefficient (Wildman–Crippen LogP) is 0.135. The molecular formula is C9H14O4. The zero-order valence-electron chi connectivity index (χ0n) is 7.82. The molecule has 0 radical (unpaired) electrons. The molecule has 0 aromatic rings. The molecule has 4 heteroatoms. The molecule has 1 N–H and O–H groups in total. The van der Waals surface area contributed by atoms with Gasteiger partial charge in [0, 0.05) is 0 Å². The fourth-order valence-corrected chi connectivity index (χ4v) is 1.76. The third-order valence-corrected chi connectivity index (χ3v) is 2.82. The maximum absolute atomic E-state index is 10.9. The van der Waals surface area contributed by atoms with Crippen molar-refractivity contribution in [1.82, 2.24) is 0 Å². The van der Waals surface area contributed by atoms with Gasteiger partial charge in [0.05, 0.1) is 12.5 Å². The van der Waals surface area contributed by atoms with Crippen LogP contribution in [0.1, 0.15) is 20.3 Å². The summed E-state index contributed by atoms with van der Waals surface area (Å²) in [4.78, 5) is 21.6. The lowest BCUT2D eigenvalue weighted by molar-refractivity contribution is -0.224. The Morgan fingerprint density at radius 1 is 1.77 bits per heavy atom. The average molecular weight is 186 g/mol. The van der Waals surface area contributed by atoms with Gasteiger partial charge in [0.15, 0.2) is 0 Å². The number of cyclic esters (lactones) is 1. The minimum Gasteiger partial charge on any atom is -0.457 e. The van der Waals surface area contributed by atoms with Crippen molar-refractivity contribution in [1.29, 1.82) is 0 Å². The van der Waals surface area contributed by atoms with E-state index in [1.165, 1.54) is 0 Å². The highest BCUT2D eigenvalue weighted by Gasteiger charge is 2.56. The van der Waals surface area contributed by atoms with Crippen LogP contribution >= 0.6 is 0 Å². The van der Waals surface area contributed by atoms with Crippen molar-refractivity contribution >= 4 is 12.3 Å². The molecule has 1 fully saturated rings. The molecule has 0 aliphatic carbocycles. The minimum atomic E-state index is -0.789. The van der Waals surface area contributed by atoms with Gasteiger partial charge in [0.2, 0.25) is 0 Å². The largest absolute Gasteiger partial charge is 0.457 e. The summed E-state index contributed by atoms with van der Waals surface area (Å²) in [7, 11) is 0. The number of rotatable bonds is 4. The first-order valence-electron chi connectivity index (χ1n) is 4.39. The van der Waals surface area contributed by atoms with Gasteiger partial charge in [-0.2, -0.15) is 0 Å². The number of ether oxygens (including phenoxy) is 1. The molecule has 4 nitrogen and oxygen atoms in total. The molecule has 1 aliphatic rings. The third kappa shape index (κ3) is 1.35. The number of hydrogen-bond donors (Lipinski definition) is 1. The molecular weight excluding hydrogens is 172 g/mol. The number of aliphatic hydroxyl groups is 1. The quantitative estimate of drug-likeness (QED) is 0.501. The van der Waals surface area contributed by atoms with E-state index in [-0.39, 0.29) is 12.5 Å². The smallest absolute Gasteiger partial charge is 0.315 e. The molecule has 1 aliphatic heterocycles. The monoisotopic (exact) mass is 186 g/mol. The number of aliphatic hydroxyl groups excluding tert-OH is 1. The molecule has 0 aromatic heterocycles. The van der Waals surface area contributed by atoms with Gasteiger partial charge in [-0.15, -0.1) is 0 Å². The molecule has 0 spiro atoms. The molecule has 1 heterocycles. The van der Waals surface area contributed by atoms with Crippen molar-refractivity contribution in [2.24, 2.45) is 11.8 Å². The summed E-state index contributed by atoms with van der Waals surface area (Å²) in [5.74, 6) is -1.27. The van der Waals surface area contributed by atoms with Crippen LogP contribution in [-0.4, -0.2) is 29.6 Å². The Morgan fingerprint density at radius 3 is 2.69 bits per heavy atom. The Bertz CT molecular complexity index is 218. The molecule has 74 valence electrons. The van der Waals surface area contributed by atoms with E-state index in [1.807, 2.05) is 6.92 Å². The van der Waals surface area contributed by atoms with Crippen LogP contribution < -0.4 is 0 Å². The van der Waals surface area contributed by atoms with E-state index in [1.54, 1.807) is 6.92 Å². The molecule has 1 saturated heterocycles. The molecule has 0 bridgehead atoms. The Kier molecular flexibility index (Phi) is 2.71. The highest BCUT2D eigenvalue weighted by atomic mass is 16.6. The molecule has 13 heavy (non-hydrogen) atoms. The van der Waals surface area contributed by atoms with Gasteiger partial charge in [0.1, 0.15) is 17.8 Å². The van der Waals surface area contributed by atoms with Crippen molar-refractivity contribution in [3.05, 3.63) is 0 Å². The summed E-state index contributed by atoms with van der Waals surface area (Å²) >= 11 is 0. The van der Waals surface area contributed by atoms with E-state index < -0.39 is 17.5 Å². The molecule has 0 aromatic carbocycles. The first kappa shape index (κ1) is 10.2. The van der Waals surface area contributed by atoms with Crippen LogP contribution in [0, 0.1) is 11.8 Å². The van der Waals surface area contributed by atoms with Gasteiger partial charge < -0.3 is 14.6 Å². The summed E-state index contributed by atoms with van der Waals surface area (Å²) < 4.78 is 4.94. The first-order chi connectivity index (χ1) is 6.10. The number of esters is 1. The number of hydrogen-bond acceptors (Lipinski definition) is 4. The summed E-state index contributed by atoms with van der Waals surface area (Å²) in [6.45, 7) is 3.29. The van der Waals surface area contributed by atoms with Crippen LogP contribution in [0.3, 0.4) is 0 Å². The Morgan fingerprint density at radius 2 is 2.38 bits per heavy atom. The van der Waals surface area contributed by atoms with Crippen molar-refractivity contribution in [3.63, 3.8) is 0 Å². The van der Waals surface area contributed by atoms with Crippen LogP contribution in [0.25, 0.3) is 0 Å². The fourth-order valence-electron chi connectivity index (χ4n) is 1.76. The zero-order chi connectivity index (χ0) is 10.1. The second-order valence-electron chi connectivity index (χ2n) is 3.49. The SMILES string of the molecule is CCC(C=O)C1(C)OC(=O)C1CO. The normalized spacial score (nSPS) is 34.7. The van der Waals surface area contributed by atoms with Gasteiger partial charge in [-0.1, -0.05) is 6.92 Å². The summed E-state index contributed by atoms with van der Waals surface area (Å²) in [5, 5.41) is 8.92. The summed E-state index contributed by atoms with van der Waals surface area (Å²) in [5.41, 5.74) is -0.789. The van der Waals surface area contributed by atoms with Crippen LogP contribution in [0.15, 0.2) is 0 Å².